The average molecular weight is 327 g/mol. The Kier molecular flexibility index (Phi) is 7.61. The van der Waals surface area contributed by atoms with Crippen LogP contribution in [0.3, 0.4) is 0 Å². The number of methoxy groups -OCH3 is 1. The summed E-state index contributed by atoms with van der Waals surface area (Å²) in [6.07, 6.45) is 3.24. The molecule has 0 aromatic rings. The molecule has 0 aliphatic carbocycles. The number of nitrogens with one attached hydrogen (secondary N) is 1. The van der Waals surface area contributed by atoms with Crippen LogP contribution in [0, 0.1) is 5.92 Å². The van der Waals surface area contributed by atoms with E-state index in [1.807, 2.05) is 9.80 Å². The van der Waals surface area contributed by atoms with Crippen molar-refractivity contribution in [1.29, 1.82) is 0 Å². The van der Waals surface area contributed by atoms with Gasteiger partial charge in [-0.15, -0.1) is 0 Å². The molecular formula is C16H29N3O4. The summed E-state index contributed by atoms with van der Waals surface area (Å²) >= 11 is 0. The molecule has 0 aromatic carbocycles. The van der Waals surface area contributed by atoms with Gasteiger partial charge in [0, 0.05) is 52.9 Å². The van der Waals surface area contributed by atoms with Crippen molar-refractivity contribution >= 4 is 11.9 Å². The molecule has 2 saturated heterocycles. The summed E-state index contributed by atoms with van der Waals surface area (Å²) in [4.78, 5) is 28.0. The molecule has 0 aromatic heterocycles. The molecule has 2 aliphatic heterocycles. The largest absolute Gasteiger partial charge is 0.385 e. The van der Waals surface area contributed by atoms with Crippen LogP contribution in [-0.4, -0.2) is 81.4 Å². The first-order valence-corrected chi connectivity index (χ1v) is 8.58. The lowest BCUT2D eigenvalue weighted by molar-refractivity contribution is -0.136. The highest BCUT2D eigenvalue weighted by Gasteiger charge is 2.26. The number of morpholine rings is 1. The molecule has 2 heterocycles. The van der Waals surface area contributed by atoms with Crippen molar-refractivity contribution < 1.29 is 19.1 Å². The first kappa shape index (κ1) is 18.0. The summed E-state index contributed by atoms with van der Waals surface area (Å²) in [6.45, 7) is 5.48. The van der Waals surface area contributed by atoms with Gasteiger partial charge in [0.25, 0.3) is 0 Å². The lowest BCUT2D eigenvalue weighted by Gasteiger charge is -2.33. The summed E-state index contributed by atoms with van der Waals surface area (Å²) in [5.74, 6) is 0.624. The lowest BCUT2D eigenvalue weighted by atomic mass is 9.93. The van der Waals surface area contributed by atoms with Crippen LogP contribution in [0.25, 0.3) is 0 Å². The summed E-state index contributed by atoms with van der Waals surface area (Å²) in [5, 5.41) is 2.91. The van der Waals surface area contributed by atoms with Gasteiger partial charge in [-0.1, -0.05) is 0 Å². The van der Waals surface area contributed by atoms with E-state index in [1.165, 1.54) is 0 Å². The number of likely N-dealkylation sites (tertiary alicyclic amines) is 1. The third-order valence-corrected chi connectivity index (χ3v) is 4.53. The van der Waals surface area contributed by atoms with Crippen molar-refractivity contribution in [1.82, 2.24) is 15.1 Å². The summed E-state index contributed by atoms with van der Waals surface area (Å²) in [6, 6.07) is -0.000871. The van der Waals surface area contributed by atoms with E-state index in [9.17, 15) is 9.59 Å². The zero-order chi connectivity index (χ0) is 16.5. The van der Waals surface area contributed by atoms with E-state index in [4.69, 9.17) is 9.47 Å². The number of ether oxygens (including phenoxy) is 2. The molecule has 132 valence electrons. The standard InChI is InChI=1S/C16H29N3O4/c1-22-10-2-5-17-16(21)19-6-3-14(4-7-19)13-15(20)18-8-11-23-12-9-18/h14H,2-13H2,1H3,(H,17,21). The number of amides is 3. The zero-order valence-electron chi connectivity index (χ0n) is 14.1. The monoisotopic (exact) mass is 327 g/mol. The number of urea groups is 1. The summed E-state index contributed by atoms with van der Waals surface area (Å²) in [7, 11) is 1.66. The minimum atomic E-state index is -0.000871. The molecule has 0 radical (unpaired) electrons. The smallest absolute Gasteiger partial charge is 0.317 e. The van der Waals surface area contributed by atoms with Gasteiger partial charge < -0.3 is 24.6 Å². The van der Waals surface area contributed by atoms with Crippen LogP contribution >= 0.6 is 0 Å². The van der Waals surface area contributed by atoms with Gasteiger partial charge >= 0.3 is 6.03 Å². The number of rotatable bonds is 6. The Morgan fingerprint density at radius 1 is 1.13 bits per heavy atom. The molecule has 0 spiro atoms. The normalized spacial score (nSPS) is 19.7. The summed E-state index contributed by atoms with van der Waals surface area (Å²) < 4.78 is 10.2. The van der Waals surface area contributed by atoms with Crippen molar-refractivity contribution in [2.24, 2.45) is 5.92 Å². The Morgan fingerprint density at radius 2 is 1.83 bits per heavy atom. The SMILES string of the molecule is COCCCNC(=O)N1CCC(CC(=O)N2CCOCC2)CC1. The van der Waals surface area contributed by atoms with Gasteiger partial charge in [-0.3, -0.25) is 4.79 Å². The Bertz CT molecular complexity index is 378. The van der Waals surface area contributed by atoms with Crippen molar-refractivity contribution in [3.63, 3.8) is 0 Å². The van der Waals surface area contributed by atoms with E-state index >= 15 is 0 Å². The molecule has 7 heteroatoms. The molecule has 0 unspecified atom stereocenters. The predicted molar refractivity (Wildman–Crippen MR) is 86.2 cm³/mol. The second-order valence-corrected chi connectivity index (χ2v) is 6.21. The van der Waals surface area contributed by atoms with E-state index < -0.39 is 0 Å². The third kappa shape index (κ3) is 5.99. The molecule has 7 nitrogen and oxygen atoms in total. The molecule has 3 amide bonds. The van der Waals surface area contributed by atoms with Crippen LogP contribution < -0.4 is 5.32 Å². The van der Waals surface area contributed by atoms with Crippen LogP contribution in [0.1, 0.15) is 25.7 Å². The fourth-order valence-corrected chi connectivity index (χ4v) is 3.05. The van der Waals surface area contributed by atoms with E-state index in [0.29, 0.717) is 51.8 Å². The van der Waals surface area contributed by atoms with Gasteiger partial charge in [0.1, 0.15) is 0 Å². The second kappa shape index (κ2) is 9.72. The second-order valence-electron chi connectivity index (χ2n) is 6.21. The van der Waals surface area contributed by atoms with E-state index in [1.54, 1.807) is 7.11 Å². The first-order valence-electron chi connectivity index (χ1n) is 8.58. The highest BCUT2D eigenvalue weighted by molar-refractivity contribution is 5.77. The minimum Gasteiger partial charge on any atom is -0.385 e. The maximum Gasteiger partial charge on any atom is 0.317 e. The average Bonchev–Trinajstić information content (AvgIpc) is 2.60. The van der Waals surface area contributed by atoms with Crippen LogP contribution in [0.5, 0.6) is 0 Å². The maximum absolute atomic E-state index is 12.3. The fraction of sp³-hybridized carbons (Fsp3) is 0.875. The summed E-state index contributed by atoms with van der Waals surface area (Å²) in [5.41, 5.74) is 0. The quantitative estimate of drug-likeness (QED) is 0.729. The topological polar surface area (TPSA) is 71.1 Å². The molecule has 1 N–H and O–H groups in total. The number of piperidine rings is 1. The number of nitrogens with zero attached hydrogens (tertiary/aromatic N) is 2. The van der Waals surface area contributed by atoms with Crippen LogP contribution in [0.4, 0.5) is 4.79 Å². The molecule has 2 fully saturated rings. The molecule has 2 aliphatic rings. The van der Waals surface area contributed by atoms with Gasteiger partial charge in [-0.05, 0) is 25.2 Å². The van der Waals surface area contributed by atoms with Gasteiger partial charge in [-0.25, -0.2) is 4.79 Å². The van der Waals surface area contributed by atoms with Gasteiger partial charge in [0.15, 0.2) is 0 Å². The number of carbonyl (C=O) groups excluding carboxylic acids is 2. The molecule has 0 saturated carbocycles. The van der Waals surface area contributed by atoms with Crippen LogP contribution in [-0.2, 0) is 14.3 Å². The number of hydrogen-bond donors (Lipinski definition) is 1. The van der Waals surface area contributed by atoms with Crippen molar-refractivity contribution in [3.8, 4) is 0 Å². The van der Waals surface area contributed by atoms with E-state index in [-0.39, 0.29) is 11.9 Å². The van der Waals surface area contributed by atoms with Gasteiger partial charge in [0.05, 0.1) is 13.2 Å². The highest BCUT2D eigenvalue weighted by Crippen LogP contribution is 2.21. The molecule has 0 bridgehead atoms. The predicted octanol–water partition coefficient (Wildman–Crippen LogP) is 0.693. The maximum atomic E-state index is 12.3. The third-order valence-electron chi connectivity index (χ3n) is 4.53. The van der Waals surface area contributed by atoms with Crippen LogP contribution in [0.2, 0.25) is 0 Å². The molecule has 23 heavy (non-hydrogen) atoms. The Labute approximate surface area is 138 Å². The Hall–Kier alpha value is -1.34. The minimum absolute atomic E-state index is 0.000871. The lowest BCUT2D eigenvalue weighted by Crippen LogP contribution is -2.46. The molecule has 2 rings (SSSR count). The van der Waals surface area contributed by atoms with E-state index in [0.717, 1.165) is 32.4 Å². The van der Waals surface area contributed by atoms with Crippen molar-refractivity contribution in [3.05, 3.63) is 0 Å². The van der Waals surface area contributed by atoms with E-state index in [2.05, 4.69) is 5.32 Å². The molecule has 0 atom stereocenters. The fourth-order valence-electron chi connectivity index (χ4n) is 3.05. The van der Waals surface area contributed by atoms with Gasteiger partial charge in [0.2, 0.25) is 5.91 Å². The van der Waals surface area contributed by atoms with Crippen LogP contribution in [0.15, 0.2) is 0 Å². The molecular weight excluding hydrogens is 298 g/mol. The zero-order valence-corrected chi connectivity index (χ0v) is 14.1. The van der Waals surface area contributed by atoms with Gasteiger partial charge in [-0.2, -0.15) is 0 Å². The van der Waals surface area contributed by atoms with Crippen molar-refractivity contribution in [2.45, 2.75) is 25.7 Å². The van der Waals surface area contributed by atoms with Crippen molar-refractivity contribution in [2.75, 3.05) is 59.7 Å². The Morgan fingerprint density at radius 3 is 2.48 bits per heavy atom. The number of hydrogen-bond acceptors (Lipinski definition) is 4. The highest BCUT2D eigenvalue weighted by atomic mass is 16.5. The number of carbonyl (C=O) groups is 2. The Balaban J connectivity index is 1.63. The first-order chi connectivity index (χ1) is 11.2.